The van der Waals surface area contributed by atoms with Gasteiger partial charge in [-0.3, -0.25) is 29.0 Å². The summed E-state index contributed by atoms with van der Waals surface area (Å²) >= 11 is 1.57. The number of benzene rings is 2. The molecular formula is C52H69FN10O6S. The lowest BCUT2D eigenvalue weighted by molar-refractivity contribution is -0.144. The Labute approximate surface area is 414 Å². The SMILES string of the molecule is C=N/C(=C\c1cc(-c2cncc(N)c2C)c(F)c(N)c1C)NC(=O)CCNC(=O)CCCCCCCCCC(=O)N[C@H](C(=O)N1C[C@H](O)C[C@H]1C(=O)NCc1ccc(-c2scnc2C)cc1)C(C)(C)C. The van der Waals surface area contributed by atoms with Crippen molar-refractivity contribution in [1.29, 1.82) is 0 Å². The van der Waals surface area contributed by atoms with Gasteiger partial charge in [0.15, 0.2) is 5.82 Å². The molecule has 0 spiro atoms. The molecule has 1 saturated heterocycles. The number of aliphatic hydroxyl groups is 1. The van der Waals surface area contributed by atoms with Crippen LogP contribution in [0, 0.1) is 32.0 Å². The highest BCUT2D eigenvalue weighted by Crippen LogP contribution is 2.35. The quantitative estimate of drug-likeness (QED) is 0.0227. The van der Waals surface area contributed by atoms with E-state index in [9.17, 15) is 29.1 Å². The smallest absolute Gasteiger partial charge is 0.246 e. The zero-order chi connectivity index (χ0) is 51.1. The number of halogens is 1. The van der Waals surface area contributed by atoms with E-state index in [2.05, 4.69) is 42.9 Å². The molecule has 0 radical (unpaired) electrons. The van der Waals surface area contributed by atoms with Crippen LogP contribution in [0.2, 0.25) is 0 Å². The van der Waals surface area contributed by atoms with Crippen molar-refractivity contribution in [2.24, 2.45) is 10.4 Å². The zero-order valence-corrected chi connectivity index (χ0v) is 42.1. The van der Waals surface area contributed by atoms with Gasteiger partial charge in [-0.25, -0.2) is 14.4 Å². The van der Waals surface area contributed by atoms with Crippen LogP contribution in [0.1, 0.15) is 119 Å². The number of nitrogen functional groups attached to an aromatic ring is 2. The molecule has 1 aliphatic heterocycles. The fourth-order valence-corrected chi connectivity index (χ4v) is 9.11. The second-order valence-corrected chi connectivity index (χ2v) is 19.9. The maximum absolute atomic E-state index is 15.3. The number of pyridine rings is 1. The van der Waals surface area contributed by atoms with E-state index < -0.39 is 41.2 Å². The third-order valence-electron chi connectivity index (χ3n) is 12.6. The van der Waals surface area contributed by atoms with Crippen LogP contribution >= 0.6 is 11.3 Å². The molecule has 2 aromatic heterocycles. The zero-order valence-electron chi connectivity index (χ0n) is 41.3. The summed E-state index contributed by atoms with van der Waals surface area (Å²) in [5.41, 5.74) is 18.9. The minimum absolute atomic E-state index is 0.00169. The molecule has 5 rings (SSSR count). The van der Waals surface area contributed by atoms with E-state index in [0.717, 1.165) is 53.8 Å². The third-order valence-corrected chi connectivity index (χ3v) is 13.6. The Bertz CT molecular complexity index is 2540. The highest BCUT2D eigenvalue weighted by Gasteiger charge is 2.44. The normalized spacial score (nSPS) is 15.3. The van der Waals surface area contributed by atoms with Gasteiger partial charge in [0, 0.05) is 62.6 Å². The molecule has 1 fully saturated rings. The van der Waals surface area contributed by atoms with Gasteiger partial charge in [0.05, 0.1) is 39.8 Å². The standard InChI is InChI=1S/C52H69FN10O6S/c1-31-36(23-38(46(53)47(31)55)39-27-57-28-40(54)32(39)2)24-42(56-7)61-45(67)21-22-58-43(65)15-13-11-9-8-10-12-14-16-44(66)62-49(52(4,5)6)51(69)63-29-37(64)25-41(63)50(68)59-26-34-17-19-35(20-18-34)48-33(3)60-30-70-48/h17-20,23-24,27-28,30,37,41,49,64H,7-16,21-22,25-26,29,54-55H2,1-6H3,(H,58,65)(H,59,68)(H,61,67)(H,62,66)/b42-24+/t37-,41+,49-/m1/s1. The predicted octanol–water partition coefficient (Wildman–Crippen LogP) is 7.04. The van der Waals surface area contributed by atoms with E-state index in [0.29, 0.717) is 47.2 Å². The lowest BCUT2D eigenvalue weighted by Gasteiger charge is -2.35. The van der Waals surface area contributed by atoms with Crippen molar-refractivity contribution < 1.29 is 33.5 Å². The number of likely N-dealkylation sites (tertiary alicyclic amines) is 1. The van der Waals surface area contributed by atoms with Crippen LogP contribution in [0.15, 0.2) is 59.0 Å². The molecule has 5 amide bonds. The third kappa shape index (κ3) is 15.0. The Balaban J connectivity index is 0.957. The molecule has 0 saturated carbocycles. The van der Waals surface area contributed by atoms with Crippen molar-refractivity contribution >= 4 is 65.0 Å². The van der Waals surface area contributed by atoms with Crippen LogP contribution in [0.3, 0.4) is 0 Å². The first-order valence-electron chi connectivity index (χ1n) is 23.9. The van der Waals surface area contributed by atoms with Crippen molar-refractivity contribution in [2.75, 3.05) is 24.6 Å². The summed E-state index contributed by atoms with van der Waals surface area (Å²) in [5.74, 6) is -2.01. The Morgan fingerprint density at radius 1 is 0.914 bits per heavy atom. The van der Waals surface area contributed by atoms with Crippen LogP contribution in [-0.4, -0.2) is 87.5 Å². The van der Waals surface area contributed by atoms with E-state index in [1.165, 1.54) is 17.3 Å². The van der Waals surface area contributed by atoms with Gasteiger partial charge in [-0.05, 0) is 85.7 Å². The van der Waals surface area contributed by atoms with Gasteiger partial charge < -0.3 is 42.7 Å². The molecule has 3 atom stereocenters. The largest absolute Gasteiger partial charge is 0.397 e. The number of hydrogen-bond donors (Lipinski definition) is 7. The lowest BCUT2D eigenvalue weighted by Crippen LogP contribution is -2.57. The molecule has 70 heavy (non-hydrogen) atoms. The minimum Gasteiger partial charge on any atom is -0.397 e. The van der Waals surface area contributed by atoms with Gasteiger partial charge in [0.2, 0.25) is 29.5 Å². The topological polar surface area (TPSA) is 247 Å². The van der Waals surface area contributed by atoms with Crippen molar-refractivity contribution in [3.8, 4) is 21.6 Å². The van der Waals surface area contributed by atoms with E-state index in [-0.39, 0.29) is 73.7 Å². The average Bonchev–Trinajstić information content (AvgIpc) is 3.94. The van der Waals surface area contributed by atoms with Gasteiger partial charge in [-0.2, -0.15) is 0 Å². The minimum atomic E-state index is -0.888. The molecule has 18 heteroatoms. The highest BCUT2D eigenvalue weighted by atomic mass is 32.1. The number of aliphatic hydroxyl groups excluding tert-OH is 1. The summed E-state index contributed by atoms with van der Waals surface area (Å²) in [5, 5.41) is 21.9. The average molecular weight is 981 g/mol. The predicted molar refractivity (Wildman–Crippen MR) is 274 cm³/mol. The molecule has 376 valence electrons. The number of aromatic nitrogens is 2. The molecule has 3 heterocycles. The van der Waals surface area contributed by atoms with Crippen LogP contribution in [0.5, 0.6) is 0 Å². The van der Waals surface area contributed by atoms with Crippen LogP contribution in [0.4, 0.5) is 15.8 Å². The van der Waals surface area contributed by atoms with Gasteiger partial charge in [-0.1, -0.05) is 77.1 Å². The Hall–Kier alpha value is -6.53. The number of nitrogens with two attached hydrogens (primary N) is 2. The highest BCUT2D eigenvalue weighted by molar-refractivity contribution is 7.13. The molecule has 0 aliphatic carbocycles. The van der Waals surface area contributed by atoms with Gasteiger partial charge in [0.25, 0.3) is 0 Å². The first-order valence-corrected chi connectivity index (χ1v) is 24.8. The summed E-state index contributed by atoms with van der Waals surface area (Å²) < 4.78 is 15.3. The molecule has 4 aromatic rings. The van der Waals surface area contributed by atoms with Crippen LogP contribution in [-0.2, 0) is 30.5 Å². The van der Waals surface area contributed by atoms with Gasteiger partial charge in [-0.15, -0.1) is 11.3 Å². The van der Waals surface area contributed by atoms with Crippen LogP contribution < -0.4 is 32.7 Å². The lowest BCUT2D eigenvalue weighted by atomic mass is 9.85. The fraction of sp³-hybridized carbons (Fsp3) is 0.462. The number of thiazole rings is 1. The monoisotopic (exact) mass is 981 g/mol. The number of carbonyl (C=O) groups excluding carboxylic acids is 5. The molecule has 1 aliphatic rings. The molecule has 0 unspecified atom stereocenters. The van der Waals surface area contributed by atoms with E-state index in [4.69, 9.17) is 11.5 Å². The Kier molecular flexibility index (Phi) is 19.7. The number of nitrogens with zero attached hydrogens (tertiary/aromatic N) is 4. The number of rotatable bonds is 23. The number of unbranched alkanes of at least 4 members (excludes halogenated alkanes) is 6. The van der Waals surface area contributed by atoms with Crippen LogP contribution in [0.25, 0.3) is 27.6 Å². The molecule has 9 N–H and O–H groups in total. The summed E-state index contributed by atoms with van der Waals surface area (Å²) in [6.07, 6.45) is 10.2. The van der Waals surface area contributed by atoms with Gasteiger partial charge in [0.1, 0.15) is 17.9 Å². The second kappa shape index (κ2) is 25.4. The number of amides is 5. The fourth-order valence-electron chi connectivity index (χ4n) is 8.30. The maximum Gasteiger partial charge on any atom is 0.246 e. The summed E-state index contributed by atoms with van der Waals surface area (Å²) in [6, 6.07) is 7.72. The van der Waals surface area contributed by atoms with E-state index >= 15 is 4.39 Å². The molecule has 2 aromatic carbocycles. The first kappa shape index (κ1) is 54.4. The number of anilines is 2. The number of carbonyl (C=O) groups is 5. The number of β-amino-alcohol motifs (C(OH)–C–C–N with tert-alkyl or cyclic N) is 1. The Morgan fingerprint density at radius 3 is 2.20 bits per heavy atom. The van der Waals surface area contributed by atoms with E-state index in [1.54, 1.807) is 37.3 Å². The summed E-state index contributed by atoms with van der Waals surface area (Å²) in [6.45, 7) is 14.9. The maximum atomic E-state index is 15.3. The van der Waals surface area contributed by atoms with Gasteiger partial charge >= 0.3 is 0 Å². The molecular weight excluding hydrogens is 912 g/mol. The van der Waals surface area contributed by atoms with E-state index in [1.807, 2.05) is 57.5 Å². The first-order chi connectivity index (χ1) is 33.3. The molecule has 0 bridgehead atoms. The molecule has 16 nitrogen and oxygen atoms in total. The summed E-state index contributed by atoms with van der Waals surface area (Å²) in [7, 11) is 0. The Morgan fingerprint density at radius 2 is 1.57 bits per heavy atom. The second-order valence-electron chi connectivity index (χ2n) is 19.0. The number of aryl methyl sites for hydroxylation is 1. The van der Waals surface area contributed by atoms with Crippen molar-refractivity contribution in [1.82, 2.24) is 36.1 Å². The van der Waals surface area contributed by atoms with Crippen molar-refractivity contribution in [3.63, 3.8) is 0 Å². The number of hydrogen-bond acceptors (Lipinski definition) is 12. The number of nitrogens with one attached hydrogen (secondary N) is 4. The van der Waals surface area contributed by atoms with Crippen molar-refractivity contribution in [2.45, 2.75) is 137 Å². The summed E-state index contributed by atoms with van der Waals surface area (Å²) in [4.78, 5) is 80.6. The van der Waals surface area contributed by atoms with Crippen molar-refractivity contribution in [3.05, 3.63) is 87.8 Å². The number of aliphatic imine (C=N–C) groups is 1.